The lowest BCUT2D eigenvalue weighted by Gasteiger charge is -2.10. The van der Waals surface area contributed by atoms with Crippen LogP contribution in [0.4, 0.5) is 5.69 Å². The second-order valence-electron chi connectivity index (χ2n) is 3.68. The molecule has 0 aliphatic heterocycles. The Hall–Kier alpha value is -1.23. The van der Waals surface area contributed by atoms with Crippen LogP contribution >= 0.6 is 15.9 Å². The summed E-state index contributed by atoms with van der Waals surface area (Å²) in [4.78, 5) is 11.5. The predicted octanol–water partition coefficient (Wildman–Crippen LogP) is 2.36. The molecular weight excluding hydrogens is 274 g/mol. The van der Waals surface area contributed by atoms with Gasteiger partial charge in [-0.2, -0.15) is 0 Å². The fraction of sp³-hybridized carbons (Fsp3) is 0.364. The van der Waals surface area contributed by atoms with Crippen LogP contribution in [0.5, 0.6) is 5.75 Å². The lowest BCUT2D eigenvalue weighted by Crippen LogP contribution is -2.07. The Labute approximate surface area is 102 Å². The first-order valence-electron chi connectivity index (χ1n) is 4.96. The second-order valence-corrected chi connectivity index (χ2v) is 4.53. The molecule has 1 aliphatic rings. The van der Waals surface area contributed by atoms with Gasteiger partial charge in [0.05, 0.1) is 24.5 Å². The molecule has 5 heteroatoms. The van der Waals surface area contributed by atoms with Gasteiger partial charge < -0.3 is 15.2 Å². The molecule has 1 fully saturated rings. The molecule has 0 bridgehead atoms. The number of halogens is 1. The van der Waals surface area contributed by atoms with E-state index in [4.69, 9.17) is 10.5 Å². The maximum absolute atomic E-state index is 11.5. The van der Waals surface area contributed by atoms with Crippen LogP contribution in [-0.4, -0.2) is 19.2 Å². The largest absolute Gasteiger partial charge is 0.490 e. The molecule has 0 aromatic heterocycles. The van der Waals surface area contributed by atoms with Crippen molar-refractivity contribution >= 4 is 27.6 Å². The zero-order chi connectivity index (χ0) is 11.7. The van der Waals surface area contributed by atoms with Gasteiger partial charge in [0.1, 0.15) is 5.75 Å². The van der Waals surface area contributed by atoms with Crippen molar-refractivity contribution in [1.29, 1.82) is 0 Å². The zero-order valence-electron chi connectivity index (χ0n) is 8.83. The first kappa shape index (κ1) is 11.3. The van der Waals surface area contributed by atoms with Gasteiger partial charge in [0.15, 0.2) is 0 Å². The summed E-state index contributed by atoms with van der Waals surface area (Å²) in [5.74, 6) is 0.184. The Morgan fingerprint density at radius 1 is 1.50 bits per heavy atom. The Bertz CT molecular complexity index is 429. The molecule has 0 unspecified atom stereocenters. The molecule has 0 heterocycles. The third-order valence-corrected chi connectivity index (χ3v) is 2.99. The zero-order valence-corrected chi connectivity index (χ0v) is 10.4. The van der Waals surface area contributed by atoms with Crippen LogP contribution < -0.4 is 10.5 Å². The van der Waals surface area contributed by atoms with E-state index in [-0.39, 0.29) is 6.10 Å². The molecule has 0 amide bonds. The fourth-order valence-corrected chi connectivity index (χ4v) is 1.76. The molecule has 4 nitrogen and oxygen atoms in total. The summed E-state index contributed by atoms with van der Waals surface area (Å²) >= 11 is 3.29. The van der Waals surface area contributed by atoms with Gasteiger partial charge in [-0.3, -0.25) is 0 Å². The van der Waals surface area contributed by atoms with E-state index in [1.54, 1.807) is 12.1 Å². The molecule has 86 valence electrons. The molecule has 0 saturated heterocycles. The Balaban J connectivity index is 2.33. The number of nitrogens with two attached hydrogens (primary N) is 1. The standard InChI is InChI=1S/C11H12BrNO3/c1-15-11(14)8-4-7(16-6-2-3-6)5-9(12)10(8)13/h4-6H,2-3,13H2,1H3. The number of benzene rings is 1. The van der Waals surface area contributed by atoms with E-state index in [1.165, 1.54) is 7.11 Å². The average Bonchev–Trinajstić information content (AvgIpc) is 3.06. The van der Waals surface area contributed by atoms with Gasteiger partial charge in [-0.05, 0) is 40.9 Å². The van der Waals surface area contributed by atoms with E-state index >= 15 is 0 Å². The van der Waals surface area contributed by atoms with Crippen molar-refractivity contribution in [2.45, 2.75) is 18.9 Å². The van der Waals surface area contributed by atoms with E-state index in [2.05, 4.69) is 20.7 Å². The highest BCUT2D eigenvalue weighted by Crippen LogP contribution is 2.33. The number of esters is 1. The number of carbonyl (C=O) groups is 1. The van der Waals surface area contributed by atoms with Gasteiger partial charge in [0.25, 0.3) is 0 Å². The Kier molecular flexibility index (Phi) is 3.05. The highest BCUT2D eigenvalue weighted by atomic mass is 79.9. The lowest BCUT2D eigenvalue weighted by molar-refractivity contribution is 0.0601. The highest BCUT2D eigenvalue weighted by molar-refractivity contribution is 9.10. The minimum absolute atomic E-state index is 0.279. The third kappa shape index (κ3) is 2.29. The molecule has 1 saturated carbocycles. The number of ether oxygens (including phenoxy) is 2. The molecule has 1 aliphatic carbocycles. The molecule has 1 aromatic carbocycles. The molecule has 0 spiro atoms. The molecular formula is C11H12BrNO3. The van der Waals surface area contributed by atoms with Crippen LogP contribution in [0, 0.1) is 0 Å². The van der Waals surface area contributed by atoms with Crippen LogP contribution in [0.25, 0.3) is 0 Å². The fourth-order valence-electron chi connectivity index (χ4n) is 1.32. The van der Waals surface area contributed by atoms with Crippen LogP contribution in [-0.2, 0) is 4.74 Å². The van der Waals surface area contributed by atoms with E-state index in [0.29, 0.717) is 21.5 Å². The summed E-state index contributed by atoms with van der Waals surface area (Å²) in [7, 11) is 1.32. The number of nitrogen functional groups attached to an aromatic ring is 1. The summed E-state index contributed by atoms with van der Waals surface area (Å²) in [6.07, 6.45) is 2.41. The van der Waals surface area contributed by atoms with Crippen molar-refractivity contribution < 1.29 is 14.3 Å². The van der Waals surface area contributed by atoms with Crippen molar-refractivity contribution in [1.82, 2.24) is 0 Å². The highest BCUT2D eigenvalue weighted by Gasteiger charge is 2.24. The molecule has 2 rings (SSSR count). The summed E-state index contributed by atoms with van der Waals surface area (Å²) in [6.45, 7) is 0. The smallest absolute Gasteiger partial charge is 0.340 e. The van der Waals surface area contributed by atoms with Crippen molar-refractivity contribution in [3.8, 4) is 5.75 Å². The summed E-state index contributed by atoms with van der Waals surface area (Å²) in [6, 6.07) is 3.38. The summed E-state index contributed by atoms with van der Waals surface area (Å²) < 4.78 is 10.9. The van der Waals surface area contributed by atoms with Crippen LogP contribution in [0.1, 0.15) is 23.2 Å². The quantitative estimate of drug-likeness (QED) is 0.684. The Morgan fingerprint density at radius 3 is 2.75 bits per heavy atom. The molecule has 2 N–H and O–H groups in total. The van der Waals surface area contributed by atoms with Gasteiger partial charge in [-0.15, -0.1) is 0 Å². The minimum atomic E-state index is -0.459. The SMILES string of the molecule is COC(=O)c1cc(OC2CC2)cc(Br)c1N. The molecule has 0 atom stereocenters. The third-order valence-electron chi connectivity index (χ3n) is 2.34. The number of hydrogen-bond donors (Lipinski definition) is 1. The van der Waals surface area contributed by atoms with Gasteiger partial charge in [0.2, 0.25) is 0 Å². The molecule has 1 aromatic rings. The maximum atomic E-state index is 11.5. The van der Waals surface area contributed by atoms with Gasteiger partial charge >= 0.3 is 5.97 Å². The van der Waals surface area contributed by atoms with Crippen molar-refractivity contribution in [3.63, 3.8) is 0 Å². The van der Waals surface area contributed by atoms with Gasteiger partial charge in [-0.1, -0.05) is 0 Å². The first-order valence-corrected chi connectivity index (χ1v) is 5.75. The van der Waals surface area contributed by atoms with Crippen LogP contribution in [0.3, 0.4) is 0 Å². The summed E-state index contributed by atoms with van der Waals surface area (Å²) in [5, 5.41) is 0. The number of rotatable bonds is 3. The maximum Gasteiger partial charge on any atom is 0.340 e. The van der Waals surface area contributed by atoms with E-state index in [0.717, 1.165) is 12.8 Å². The first-order chi connectivity index (χ1) is 7.61. The Morgan fingerprint density at radius 2 is 2.19 bits per heavy atom. The van der Waals surface area contributed by atoms with Crippen LogP contribution in [0.15, 0.2) is 16.6 Å². The number of anilines is 1. The number of methoxy groups -OCH3 is 1. The van der Waals surface area contributed by atoms with E-state index in [9.17, 15) is 4.79 Å². The van der Waals surface area contributed by atoms with E-state index in [1.807, 2.05) is 0 Å². The minimum Gasteiger partial charge on any atom is -0.490 e. The van der Waals surface area contributed by atoms with Gasteiger partial charge in [-0.25, -0.2) is 4.79 Å². The molecule has 16 heavy (non-hydrogen) atoms. The normalized spacial score (nSPS) is 14.6. The second kappa shape index (κ2) is 4.33. The van der Waals surface area contributed by atoms with Crippen molar-refractivity contribution in [2.75, 3.05) is 12.8 Å². The average molecular weight is 286 g/mol. The van der Waals surface area contributed by atoms with E-state index < -0.39 is 5.97 Å². The van der Waals surface area contributed by atoms with Crippen molar-refractivity contribution in [3.05, 3.63) is 22.2 Å². The van der Waals surface area contributed by atoms with Crippen LogP contribution in [0.2, 0.25) is 0 Å². The van der Waals surface area contributed by atoms with Crippen molar-refractivity contribution in [2.24, 2.45) is 0 Å². The molecule has 0 radical (unpaired) electrons. The number of hydrogen-bond acceptors (Lipinski definition) is 4. The summed E-state index contributed by atoms with van der Waals surface area (Å²) in [5.41, 5.74) is 6.47. The lowest BCUT2D eigenvalue weighted by atomic mass is 10.1. The predicted molar refractivity (Wildman–Crippen MR) is 63.5 cm³/mol. The number of carbonyl (C=O) groups excluding carboxylic acids is 1. The monoisotopic (exact) mass is 285 g/mol. The van der Waals surface area contributed by atoms with Gasteiger partial charge in [0, 0.05) is 4.47 Å². The topological polar surface area (TPSA) is 61.5 Å².